The minimum atomic E-state index is -1.26. The standard InChI is InChI=1S/C22H28N2O4S/c1-5-7-16(2)14-24-15-20(29)27-19(23-24)9-6-8-17-10-12-18(13-11-17)28-22(3,4)21(25)26/h5,7,10-13H,1,6,8-9,14-15H2,2-4H3,(H,25,26)/b16-7+. The highest BCUT2D eigenvalue weighted by atomic mass is 32.1. The number of nitrogens with zero attached hydrogens (tertiary/aromatic N) is 2. The van der Waals surface area contributed by atoms with Crippen LogP contribution >= 0.6 is 12.2 Å². The van der Waals surface area contributed by atoms with Crippen molar-refractivity contribution < 1.29 is 19.4 Å². The van der Waals surface area contributed by atoms with Gasteiger partial charge in [0.05, 0.1) is 6.54 Å². The third-order valence-electron chi connectivity index (χ3n) is 4.30. The Morgan fingerprint density at radius 1 is 1.38 bits per heavy atom. The van der Waals surface area contributed by atoms with Crippen LogP contribution in [0.3, 0.4) is 0 Å². The first-order valence-electron chi connectivity index (χ1n) is 9.52. The highest BCUT2D eigenvalue weighted by molar-refractivity contribution is 7.80. The highest BCUT2D eigenvalue weighted by Gasteiger charge is 2.29. The lowest BCUT2D eigenvalue weighted by Crippen LogP contribution is -2.37. The number of hydrazone groups is 1. The molecule has 0 saturated carbocycles. The van der Waals surface area contributed by atoms with Crippen LogP contribution < -0.4 is 4.74 Å². The number of carboxylic acids is 1. The molecule has 1 aliphatic rings. The number of rotatable bonds is 10. The smallest absolute Gasteiger partial charge is 0.347 e. The van der Waals surface area contributed by atoms with Crippen LogP contribution in [0.15, 0.2) is 53.7 Å². The van der Waals surface area contributed by atoms with E-state index in [-0.39, 0.29) is 0 Å². The van der Waals surface area contributed by atoms with Crippen LogP contribution in [0.1, 0.15) is 39.2 Å². The molecule has 0 atom stereocenters. The zero-order valence-electron chi connectivity index (χ0n) is 17.2. The van der Waals surface area contributed by atoms with Crippen molar-refractivity contribution in [2.45, 2.75) is 45.6 Å². The van der Waals surface area contributed by atoms with Gasteiger partial charge >= 0.3 is 5.97 Å². The van der Waals surface area contributed by atoms with E-state index in [2.05, 4.69) is 11.7 Å². The average molecular weight is 417 g/mol. The van der Waals surface area contributed by atoms with Crippen molar-refractivity contribution in [3.63, 3.8) is 0 Å². The Kier molecular flexibility index (Phi) is 7.96. The summed E-state index contributed by atoms with van der Waals surface area (Å²) in [5, 5.41) is 16.1. The predicted octanol–water partition coefficient (Wildman–Crippen LogP) is 4.36. The van der Waals surface area contributed by atoms with Gasteiger partial charge in [0.2, 0.25) is 5.90 Å². The van der Waals surface area contributed by atoms with Crippen molar-refractivity contribution >= 4 is 29.1 Å². The Morgan fingerprint density at radius 3 is 2.69 bits per heavy atom. The molecule has 7 heteroatoms. The molecule has 0 spiro atoms. The Balaban J connectivity index is 1.87. The maximum absolute atomic E-state index is 11.2. The van der Waals surface area contributed by atoms with Gasteiger partial charge in [-0.3, -0.25) is 5.01 Å². The molecule has 0 unspecified atom stereocenters. The van der Waals surface area contributed by atoms with Gasteiger partial charge in [-0.2, -0.15) is 0 Å². The van der Waals surface area contributed by atoms with Gasteiger partial charge in [-0.05, 0) is 63.5 Å². The molecule has 6 nitrogen and oxygen atoms in total. The van der Waals surface area contributed by atoms with Gasteiger partial charge in [0.15, 0.2) is 10.7 Å². The van der Waals surface area contributed by atoms with E-state index in [4.69, 9.17) is 26.8 Å². The molecule has 0 amide bonds. The van der Waals surface area contributed by atoms with Crippen molar-refractivity contribution in [3.8, 4) is 5.75 Å². The molecule has 1 N–H and O–H groups in total. The Morgan fingerprint density at radius 2 is 2.07 bits per heavy atom. The summed E-state index contributed by atoms with van der Waals surface area (Å²) in [6.07, 6.45) is 6.10. The normalized spacial score (nSPS) is 14.9. The van der Waals surface area contributed by atoms with Crippen LogP contribution in [0.25, 0.3) is 0 Å². The van der Waals surface area contributed by atoms with Crippen LogP contribution in [0.5, 0.6) is 5.75 Å². The van der Waals surface area contributed by atoms with E-state index in [0.717, 1.165) is 24.0 Å². The fourth-order valence-corrected chi connectivity index (χ4v) is 3.01. The number of hydrogen-bond acceptors (Lipinski definition) is 6. The maximum atomic E-state index is 11.2. The second-order valence-electron chi connectivity index (χ2n) is 7.45. The minimum absolute atomic E-state index is 0.509. The molecule has 2 rings (SSSR count). The van der Waals surface area contributed by atoms with Crippen molar-refractivity contribution in [1.82, 2.24) is 5.01 Å². The Hall–Kier alpha value is -2.67. The van der Waals surface area contributed by atoms with Crippen molar-refractivity contribution in [2.75, 3.05) is 13.1 Å². The number of hydrogen-bond donors (Lipinski definition) is 1. The third-order valence-corrected chi connectivity index (χ3v) is 4.51. The van der Waals surface area contributed by atoms with E-state index in [1.165, 1.54) is 13.8 Å². The van der Waals surface area contributed by atoms with Gasteiger partial charge in [0, 0.05) is 6.42 Å². The first-order valence-corrected chi connectivity index (χ1v) is 9.93. The molecule has 0 aliphatic carbocycles. The molecule has 1 heterocycles. The SMILES string of the molecule is C=C/C=C(\C)CN1CC(=S)OC(CCCc2ccc(OC(C)(C)C(=O)O)cc2)=N1. The summed E-state index contributed by atoms with van der Waals surface area (Å²) < 4.78 is 11.1. The molecule has 0 aromatic heterocycles. The first kappa shape index (κ1) is 22.6. The number of allylic oxidation sites excluding steroid dienone is 2. The second kappa shape index (κ2) is 10.2. The van der Waals surface area contributed by atoms with Crippen LogP contribution in [0, 0.1) is 0 Å². The number of thiocarbonyl (C=S) groups is 1. The topological polar surface area (TPSA) is 71.4 Å². The molecular formula is C22H28N2O4S. The lowest BCUT2D eigenvalue weighted by Gasteiger charge is -2.26. The lowest BCUT2D eigenvalue weighted by atomic mass is 10.1. The fourth-order valence-electron chi connectivity index (χ4n) is 2.77. The second-order valence-corrected chi connectivity index (χ2v) is 7.91. The number of benzene rings is 1. The van der Waals surface area contributed by atoms with E-state index in [1.54, 1.807) is 18.2 Å². The summed E-state index contributed by atoms with van der Waals surface area (Å²) in [7, 11) is 0. The molecule has 1 aromatic rings. The Bertz CT molecular complexity index is 813. The zero-order valence-corrected chi connectivity index (χ0v) is 18.0. The summed E-state index contributed by atoms with van der Waals surface area (Å²) in [6, 6.07) is 7.47. The fraction of sp³-hybridized carbons (Fsp3) is 0.409. The van der Waals surface area contributed by atoms with Gasteiger partial charge in [0.25, 0.3) is 0 Å². The monoisotopic (exact) mass is 416 g/mol. The highest BCUT2D eigenvalue weighted by Crippen LogP contribution is 2.20. The quantitative estimate of drug-likeness (QED) is 0.451. The Labute approximate surface area is 177 Å². The largest absolute Gasteiger partial charge is 0.478 e. The van der Waals surface area contributed by atoms with Gasteiger partial charge in [-0.25, -0.2) is 4.79 Å². The van der Waals surface area contributed by atoms with Crippen LogP contribution in [-0.4, -0.2) is 45.7 Å². The number of carbonyl (C=O) groups is 1. The zero-order chi connectivity index (χ0) is 21.4. The minimum Gasteiger partial charge on any atom is -0.478 e. The van der Waals surface area contributed by atoms with E-state index in [0.29, 0.717) is 36.2 Å². The summed E-state index contributed by atoms with van der Waals surface area (Å²) in [6.45, 7) is 9.98. The summed E-state index contributed by atoms with van der Waals surface area (Å²) >= 11 is 5.26. The first-order chi connectivity index (χ1) is 13.7. The third kappa shape index (κ3) is 7.34. The molecular weight excluding hydrogens is 388 g/mol. The summed E-state index contributed by atoms with van der Waals surface area (Å²) in [4.78, 5) is 11.2. The van der Waals surface area contributed by atoms with Crippen LogP contribution in [0.2, 0.25) is 0 Å². The number of aryl methyl sites for hydroxylation is 1. The van der Waals surface area contributed by atoms with Gasteiger partial charge in [-0.15, -0.1) is 5.10 Å². The van der Waals surface area contributed by atoms with Gasteiger partial charge in [0.1, 0.15) is 12.3 Å². The predicted molar refractivity (Wildman–Crippen MR) is 118 cm³/mol. The van der Waals surface area contributed by atoms with E-state index >= 15 is 0 Å². The molecule has 0 fully saturated rings. The van der Waals surface area contributed by atoms with Gasteiger partial charge in [-0.1, -0.05) is 36.4 Å². The van der Waals surface area contributed by atoms with E-state index in [1.807, 2.05) is 30.1 Å². The van der Waals surface area contributed by atoms with Crippen LogP contribution in [-0.2, 0) is 16.0 Å². The van der Waals surface area contributed by atoms with E-state index < -0.39 is 11.6 Å². The molecule has 29 heavy (non-hydrogen) atoms. The van der Waals surface area contributed by atoms with Crippen molar-refractivity contribution in [2.24, 2.45) is 5.10 Å². The van der Waals surface area contributed by atoms with Gasteiger partial charge < -0.3 is 14.6 Å². The molecule has 0 radical (unpaired) electrons. The van der Waals surface area contributed by atoms with Crippen molar-refractivity contribution in [1.29, 1.82) is 0 Å². The molecule has 1 aromatic carbocycles. The average Bonchev–Trinajstić information content (AvgIpc) is 2.62. The molecule has 156 valence electrons. The lowest BCUT2D eigenvalue weighted by molar-refractivity contribution is -0.152. The number of ether oxygens (including phenoxy) is 2. The molecule has 0 bridgehead atoms. The summed E-state index contributed by atoms with van der Waals surface area (Å²) in [5.41, 5.74) is 1.02. The number of aliphatic carboxylic acids is 1. The number of carboxylic acid groups (broad SMARTS) is 1. The van der Waals surface area contributed by atoms with E-state index in [9.17, 15) is 4.79 Å². The van der Waals surface area contributed by atoms with Crippen LogP contribution in [0.4, 0.5) is 0 Å². The maximum Gasteiger partial charge on any atom is 0.347 e. The van der Waals surface area contributed by atoms with Crippen molar-refractivity contribution in [3.05, 3.63) is 54.1 Å². The summed E-state index contributed by atoms with van der Waals surface area (Å²) in [5.74, 6) is 0.165. The molecule has 0 saturated heterocycles. The molecule has 1 aliphatic heterocycles.